The highest BCUT2D eigenvalue weighted by molar-refractivity contribution is 6.29. The average molecular weight is 229 g/mol. The second-order valence-corrected chi connectivity index (χ2v) is 4.96. The minimum atomic E-state index is -0.455. The summed E-state index contributed by atoms with van der Waals surface area (Å²) in [6.45, 7) is 2.27. The maximum atomic E-state index is 10.2. The Labute approximate surface area is 95.2 Å². The summed E-state index contributed by atoms with van der Waals surface area (Å²) in [4.78, 5) is 0. The van der Waals surface area contributed by atoms with Gasteiger partial charge >= 0.3 is 0 Å². The second-order valence-electron chi connectivity index (χ2n) is 4.61. The molecule has 1 N–H and O–H groups in total. The lowest BCUT2D eigenvalue weighted by molar-refractivity contribution is 0.0752. The highest BCUT2D eigenvalue weighted by Crippen LogP contribution is 2.38. The van der Waals surface area contributed by atoms with Crippen LogP contribution in [0.2, 0.25) is 5.22 Å². The van der Waals surface area contributed by atoms with Gasteiger partial charge in [-0.3, -0.25) is 0 Å². The maximum Gasteiger partial charge on any atom is 0.198 e. The van der Waals surface area contributed by atoms with E-state index in [1.807, 2.05) is 0 Å². The first-order chi connectivity index (χ1) is 7.18. The molecule has 3 heteroatoms. The third-order valence-corrected chi connectivity index (χ3v) is 3.78. The molecule has 1 fully saturated rings. The van der Waals surface area contributed by atoms with Crippen molar-refractivity contribution in [3.8, 4) is 0 Å². The molecule has 0 amide bonds. The number of aliphatic hydroxyl groups excluding tert-OH is 1. The van der Waals surface area contributed by atoms with Gasteiger partial charge in [0.25, 0.3) is 0 Å². The largest absolute Gasteiger partial charge is 0.453 e. The molecule has 1 heterocycles. The number of hydrogen-bond acceptors (Lipinski definition) is 2. The third kappa shape index (κ3) is 2.37. The minimum absolute atomic E-state index is 0.334. The van der Waals surface area contributed by atoms with Crippen LogP contribution >= 0.6 is 11.6 Å². The van der Waals surface area contributed by atoms with E-state index in [-0.39, 0.29) is 0 Å². The molecule has 2 nitrogen and oxygen atoms in total. The molecule has 0 radical (unpaired) electrons. The first-order valence-electron chi connectivity index (χ1n) is 5.59. The van der Waals surface area contributed by atoms with Crippen molar-refractivity contribution in [3.05, 3.63) is 23.1 Å². The molecule has 15 heavy (non-hydrogen) atoms. The fourth-order valence-corrected chi connectivity index (χ4v) is 2.60. The van der Waals surface area contributed by atoms with E-state index in [0.717, 1.165) is 24.3 Å². The maximum absolute atomic E-state index is 10.2. The van der Waals surface area contributed by atoms with E-state index in [1.54, 1.807) is 6.07 Å². The van der Waals surface area contributed by atoms with Crippen LogP contribution < -0.4 is 0 Å². The normalized spacial score (nSPS) is 29.0. The van der Waals surface area contributed by atoms with Crippen molar-refractivity contribution in [1.29, 1.82) is 0 Å². The van der Waals surface area contributed by atoms with Crippen LogP contribution in [-0.4, -0.2) is 5.11 Å². The van der Waals surface area contributed by atoms with Crippen LogP contribution in [0, 0.1) is 11.8 Å². The van der Waals surface area contributed by atoms with Crippen LogP contribution in [0.1, 0.15) is 44.3 Å². The molecular formula is C12H17ClO2. The van der Waals surface area contributed by atoms with E-state index in [1.165, 1.54) is 19.1 Å². The van der Waals surface area contributed by atoms with Gasteiger partial charge in [0.05, 0.1) is 12.4 Å². The molecular weight excluding hydrogens is 212 g/mol. The molecule has 2 rings (SSSR count). The standard InChI is InChI=1S/C12H17ClO2/c1-8-2-4-9(5-3-8)11(14)10-6-7-15-12(10)13/h6-9,11,14H,2-5H2,1H3. The zero-order chi connectivity index (χ0) is 10.8. The molecule has 1 saturated carbocycles. The summed E-state index contributed by atoms with van der Waals surface area (Å²) in [6, 6.07) is 1.77. The van der Waals surface area contributed by atoms with Crippen LogP contribution in [0.5, 0.6) is 0 Å². The van der Waals surface area contributed by atoms with E-state index in [4.69, 9.17) is 16.0 Å². The number of rotatable bonds is 2. The monoisotopic (exact) mass is 228 g/mol. The topological polar surface area (TPSA) is 33.4 Å². The van der Waals surface area contributed by atoms with E-state index in [9.17, 15) is 5.11 Å². The number of hydrogen-bond donors (Lipinski definition) is 1. The zero-order valence-corrected chi connectivity index (χ0v) is 9.70. The Morgan fingerprint density at radius 2 is 2.07 bits per heavy atom. The minimum Gasteiger partial charge on any atom is -0.453 e. The van der Waals surface area contributed by atoms with Crippen LogP contribution in [-0.2, 0) is 0 Å². The van der Waals surface area contributed by atoms with Gasteiger partial charge in [0, 0.05) is 5.56 Å². The van der Waals surface area contributed by atoms with Gasteiger partial charge in [-0.2, -0.15) is 0 Å². The molecule has 1 aromatic rings. The van der Waals surface area contributed by atoms with Crippen molar-refractivity contribution in [1.82, 2.24) is 0 Å². The molecule has 0 bridgehead atoms. The summed E-state index contributed by atoms with van der Waals surface area (Å²) < 4.78 is 5.00. The Hall–Kier alpha value is -0.470. The number of aliphatic hydroxyl groups is 1. The Kier molecular flexibility index (Phi) is 3.37. The molecule has 1 unspecified atom stereocenters. The van der Waals surface area contributed by atoms with E-state index in [2.05, 4.69) is 6.92 Å². The van der Waals surface area contributed by atoms with Crippen LogP contribution in [0.4, 0.5) is 0 Å². The molecule has 1 aromatic heterocycles. The van der Waals surface area contributed by atoms with Gasteiger partial charge in [-0.1, -0.05) is 19.8 Å². The zero-order valence-electron chi connectivity index (χ0n) is 8.95. The SMILES string of the molecule is CC1CCC(C(O)c2ccoc2Cl)CC1. The van der Waals surface area contributed by atoms with Gasteiger partial charge < -0.3 is 9.52 Å². The Morgan fingerprint density at radius 3 is 2.60 bits per heavy atom. The van der Waals surface area contributed by atoms with Crippen LogP contribution in [0.3, 0.4) is 0 Å². The summed E-state index contributed by atoms with van der Waals surface area (Å²) in [7, 11) is 0. The van der Waals surface area contributed by atoms with E-state index in [0.29, 0.717) is 11.1 Å². The lowest BCUT2D eigenvalue weighted by Crippen LogP contribution is -2.19. The lowest BCUT2D eigenvalue weighted by Gasteiger charge is -2.29. The third-order valence-electron chi connectivity index (χ3n) is 3.47. The molecule has 0 aliphatic heterocycles. The quantitative estimate of drug-likeness (QED) is 0.836. The van der Waals surface area contributed by atoms with Gasteiger partial charge in [0.2, 0.25) is 0 Å². The van der Waals surface area contributed by atoms with Crippen molar-refractivity contribution in [2.24, 2.45) is 11.8 Å². The highest BCUT2D eigenvalue weighted by atomic mass is 35.5. The van der Waals surface area contributed by atoms with Crippen molar-refractivity contribution in [2.45, 2.75) is 38.7 Å². The molecule has 0 spiro atoms. The van der Waals surface area contributed by atoms with Gasteiger partial charge in [-0.15, -0.1) is 0 Å². The van der Waals surface area contributed by atoms with Crippen molar-refractivity contribution in [2.75, 3.05) is 0 Å². The fourth-order valence-electron chi connectivity index (χ4n) is 2.37. The van der Waals surface area contributed by atoms with Gasteiger partial charge in [0.15, 0.2) is 5.22 Å². The highest BCUT2D eigenvalue weighted by Gasteiger charge is 2.27. The summed E-state index contributed by atoms with van der Waals surface area (Å²) in [5.74, 6) is 1.14. The number of furan rings is 1. The molecule has 1 atom stereocenters. The fraction of sp³-hybridized carbons (Fsp3) is 0.667. The van der Waals surface area contributed by atoms with Gasteiger partial charge in [-0.05, 0) is 42.3 Å². The van der Waals surface area contributed by atoms with E-state index < -0.39 is 6.10 Å². The van der Waals surface area contributed by atoms with Crippen molar-refractivity contribution < 1.29 is 9.52 Å². The van der Waals surface area contributed by atoms with Gasteiger partial charge in [0.1, 0.15) is 0 Å². The summed E-state index contributed by atoms with van der Waals surface area (Å²) in [6.07, 6.45) is 5.66. The Morgan fingerprint density at radius 1 is 1.40 bits per heavy atom. The predicted molar refractivity (Wildman–Crippen MR) is 59.8 cm³/mol. The Bertz CT molecular complexity index is 313. The summed E-state index contributed by atoms with van der Waals surface area (Å²) >= 11 is 5.86. The van der Waals surface area contributed by atoms with Crippen LogP contribution in [0.15, 0.2) is 16.7 Å². The first-order valence-corrected chi connectivity index (χ1v) is 5.97. The number of halogens is 1. The van der Waals surface area contributed by atoms with Crippen LogP contribution in [0.25, 0.3) is 0 Å². The summed E-state index contributed by atoms with van der Waals surface area (Å²) in [5, 5.41) is 10.5. The molecule has 1 aliphatic carbocycles. The van der Waals surface area contributed by atoms with E-state index >= 15 is 0 Å². The molecule has 0 saturated heterocycles. The lowest BCUT2D eigenvalue weighted by atomic mass is 9.79. The summed E-state index contributed by atoms with van der Waals surface area (Å²) in [5.41, 5.74) is 0.746. The smallest absolute Gasteiger partial charge is 0.198 e. The van der Waals surface area contributed by atoms with Crippen molar-refractivity contribution in [3.63, 3.8) is 0 Å². The average Bonchev–Trinajstić information content (AvgIpc) is 2.65. The Balaban J connectivity index is 2.02. The molecule has 0 aromatic carbocycles. The molecule has 1 aliphatic rings. The second kappa shape index (κ2) is 4.58. The first kappa shape index (κ1) is 11.0. The van der Waals surface area contributed by atoms with Crippen molar-refractivity contribution >= 4 is 11.6 Å². The van der Waals surface area contributed by atoms with Gasteiger partial charge in [-0.25, -0.2) is 0 Å². The molecule has 84 valence electrons. The predicted octanol–water partition coefficient (Wildman–Crippen LogP) is 3.79.